The fourth-order valence-corrected chi connectivity index (χ4v) is 2.32. The topological polar surface area (TPSA) is 18.1 Å². The number of hydrogen-bond donors (Lipinski definition) is 0. The molecule has 18 heavy (non-hydrogen) atoms. The normalized spacial score (nSPS) is 10.8. The van der Waals surface area contributed by atoms with Gasteiger partial charge in [0, 0.05) is 22.6 Å². The molecule has 0 saturated carbocycles. The Labute approximate surface area is 106 Å². The third-order valence-corrected chi connectivity index (χ3v) is 3.18. The first-order chi connectivity index (χ1) is 8.75. The van der Waals surface area contributed by atoms with Gasteiger partial charge in [0.25, 0.3) is 0 Å². The van der Waals surface area contributed by atoms with Crippen LogP contribution in [0.5, 0.6) is 0 Å². The summed E-state index contributed by atoms with van der Waals surface area (Å²) < 4.78 is 7.69. The van der Waals surface area contributed by atoms with Gasteiger partial charge in [-0.1, -0.05) is 12.1 Å². The molecular weight excluding hydrogens is 222 g/mol. The number of benzene rings is 1. The van der Waals surface area contributed by atoms with Crippen LogP contribution in [0.1, 0.15) is 11.4 Å². The van der Waals surface area contributed by atoms with Gasteiger partial charge >= 0.3 is 0 Å². The summed E-state index contributed by atoms with van der Waals surface area (Å²) >= 11 is 0. The van der Waals surface area contributed by atoms with Crippen molar-refractivity contribution in [1.82, 2.24) is 4.57 Å². The Kier molecular flexibility index (Phi) is 2.56. The first-order valence-electron chi connectivity index (χ1n) is 6.05. The van der Waals surface area contributed by atoms with E-state index in [0.29, 0.717) is 0 Å². The lowest BCUT2D eigenvalue weighted by atomic mass is 10.1. The third-order valence-electron chi connectivity index (χ3n) is 3.18. The molecular formula is C16H15NO. The smallest absolute Gasteiger partial charge is 0.133 e. The maximum atomic E-state index is 5.44. The lowest BCUT2D eigenvalue weighted by Crippen LogP contribution is -1.98. The quantitative estimate of drug-likeness (QED) is 0.647. The number of aromatic nitrogens is 1. The molecule has 2 heteroatoms. The zero-order valence-corrected chi connectivity index (χ0v) is 10.6. The van der Waals surface area contributed by atoms with Crippen LogP contribution >= 0.6 is 0 Å². The molecule has 0 amide bonds. The molecule has 0 spiro atoms. The number of hydrogen-bond acceptors (Lipinski definition) is 1. The number of rotatable bonds is 2. The van der Waals surface area contributed by atoms with Crippen LogP contribution in [0.4, 0.5) is 0 Å². The molecule has 2 aromatic heterocycles. The zero-order chi connectivity index (χ0) is 12.5. The van der Waals surface area contributed by atoms with Crippen molar-refractivity contribution in [3.8, 4) is 17.0 Å². The Hall–Kier alpha value is -2.22. The second kappa shape index (κ2) is 4.22. The van der Waals surface area contributed by atoms with Crippen LogP contribution in [0.15, 0.2) is 59.2 Å². The van der Waals surface area contributed by atoms with Crippen molar-refractivity contribution in [2.45, 2.75) is 13.8 Å². The number of furan rings is 1. The van der Waals surface area contributed by atoms with Crippen LogP contribution in [0.25, 0.3) is 17.0 Å². The van der Waals surface area contributed by atoms with E-state index >= 15 is 0 Å². The summed E-state index contributed by atoms with van der Waals surface area (Å²) in [4.78, 5) is 0. The highest BCUT2D eigenvalue weighted by Gasteiger charge is 2.06. The molecule has 0 unspecified atom stereocenters. The summed E-state index contributed by atoms with van der Waals surface area (Å²) in [6.45, 7) is 4.24. The van der Waals surface area contributed by atoms with Gasteiger partial charge in [-0.25, -0.2) is 0 Å². The standard InChI is InChI=1S/C16H15NO/c1-12-8-9-13(2)17(12)15-6-3-5-14(11-15)16-7-4-10-18-16/h3-11H,1-2H3. The molecule has 3 rings (SSSR count). The van der Waals surface area contributed by atoms with Gasteiger partial charge in [0.2, 0.25) is 0 Å². The van der Waals surface area contributed by atoms with Gasteiger partial charge in [-0.3, -0.25) is 0 Å². The van der Waals surface area contributed by atoms with Crippen molar-refractivity contribution >= 4 is 0 Å². The van der Waals surface area contributed by atoms with Crippen LogP contribution in [-0.4, -0.2) is 4.57 Å². The SMILES string of the molecule is Cc1ccc(C)n1-c1cccc(-c2ccco2)c1. The van der Waals surface area contributed by atoms with Gasteiger partial charge in [-0.2, -0.15) is 0 Å². The molecule has 0 aliphatic rings. The molecule has 90 valence electrons. The number of aryl methyl sites for hydroxylation is 2. The van der Waals surface area contributed by atoms with Gasteiger partial charge < -0.3 is 8.98 Å². The highest BCUT2D eigenvalue weighted by Crippen LogP contribution is 2.24. The van der Waals surface area contributed by atoms with Crippen LogP contribution in [0.2, 0.25) is 0 Å². The Morgan fingerprint density at radius 2 is 1.67 bits per heavy atom. The molecule has 1 aromatic carbocycles. The van der Waals surface area contributed by atoms with E-state index in [9.17, 15) is 0 Å². The molecule has 0 aliphatic heterocycles. The largest absolute Gasteiger partial charge is 0.464 e. The molecule has 0 N–H and O–H groups in total. The summed E-state index contributed by atoms with van der Waals surface area (Å²) in [5.74, 6) is 0.902. The Bertz CT molecular complexity index is 643. The maximum absolute atomic E-state index is 5.44. The van der Waals surface area contributed by atoms with Crippen molar-refractivity contribution in [2.75, 3.05) is 0 Å². The molecule has 0 radical (unpaired) electrons. The van der Waals surface area contributed by atoms with Gasteiger partial charge in [0.15, 0.2) is 0 Å². The van der Waals surface area contributed by atoms with Crippen LogP contribution in [0, 0.1) is 13.8 Å². The van der Waals surface area contributed by atoms with Crippen molar-refractivity contribution in [1.29, 1.82) is 0 Å². The zero-order valence-electron chi connectivity index (χ0n) is 10.6. The van der Waals surface area contributed by atoms with E-state index in [4.69, 9.17) is 4.42 Å². The minimum Gasteiger partial charge on any atom is -0.464 e. The van der Waals surface area contributed by atoms with Crippen LogP contribution < -0.4 is 0 Å². The number of nitrogens with zero attached hydrogens (tertiary/aromatic N) is 1. The van der Waals surface area contributed by atoms with E-state index in [2.05, 4.69) is 54.8 Å². The minimum absolute atomic E-state index is 0.902. The molecule has 0 bridgehead atoms. The average Bonchev–Trinajstić information content (AvgIpc) is 3.00. The second-order valence-corrected chi connectivity index (χ2v) is 4.48. The molecule has 3 aromatic rings. The Morgan fingerprint density at radius 3 is 2.33 bits per heavy atom. The first kappa shape index (κ1) is 10.9. The van der Waals surface area contributed by atoms with Crippen molar-refractivity contribution in [2.24, 2.45) is 0 Å². The fraction of sp³-hybridized carbons (Fsp3) is 0.125. The predicted octanol–water partition coefficient (Wildman–Crippen LogP) is 4.35. The average molecular weight is 237 g/mol. The van der Waals surface area contributed by atoms with Gasteiger partial charge in [0.1, 0.15) is 5.76 Å². The molecule has 2 nitrogen and oxygen atoms in total. The fourth-order valence-electron chi connectivity index (χ4n) is 2.32. The van der Waals surface area contributed by atoms with Gasteiger partial charge in [-0.15, -0.1) is 0 Å². The lowest BCUT2D eigenvalue weighted by Gasteiger charge is -2.10. The van der Waals surface area contributed by atoms with Crippen molar-refractivity contribution in [3.63, 3.8) is 0 Å². The Balaban J connectivity index is 2.12. The van der Waals surface area contributed by atoms with Gasteiger partial charge in [-0.05, 0) is 50.2 Å². The highest BCUT2D eigenvalue weighted by molar-refractivity contribution is 5.61. The van der Waals surface area contributed by atoms with Crippen LogP contribution in [0.3, 0.4) is 0 Å². The monoisotopic (exact) mass is 237 g/mol. The summed E-state index contributed by atoms with van der Waals surface area (Å²) in [6, 6.07) is 16.6. The van der Waals surface area contributed by atoms with Crippen LogP contribution in [-0.2, 0) is 0 Å². The summed E-state index contributed by atoms with van der Waals surface area (Å²) in [5, 5.41) is 0. The van der Waals surface area contributed by atoms with E-state index < -0.39 is 0 Å². The van der Waals surface area contributed by atoms with E-state index in [1.165, 1.54) is 17.1 Å². The van der Waals surface area contributed by atoms with E-state index in [0.717, 1.165) is 11.3 Å². The highest BCUT2D eigenvalue weighted by atomic mass is 16.3. The minimum atomic E-state index is 0.902. The third kappa shape index (κ3) is 1.76. The molecule has 2 heterocycles. The summed E-state index contributed by atoms with van der Waals surface area (Å²) in [6.07, 6.45) is 1.70. The predicted molar refractivity (Wildman–Crippen MR) is 72.9 cm³/mol. The maximum Gasteiger partial charge on any atom is 0.133 e. The van der Waals surface area contributed by atoms with E-state index in [-0.39, 0.29) is 0 Å². The van der Waals surface area contributed by atoms with Gasteiger partial charge in [0.05, 0.1) is 6.26 Å². The molecule has 0 saturated heterocycles. The summed E-state index contributed by atoms with van der Waals surface area (Å²) in [7, 11) is 0. The Morgan fingerprint density at radius 1 is 0.889 bits per heavy atom. The first-order valence-corrected chi connectivity index (χ1v) is 6.05. The molecule has 0 aliphatic carbocycles. The van der Waals surface area contributed by atoms with Crippen molar-refractivity contribution in [3.05, 3.63) is 66.2 Å². The lowest BCUT2D eigenvalue weighted by molar-refractivity contribution is 0.582. The van der Waals surface area contributed by atoms with Crippen molar-refractivity contribution < 1.29 is 4.42 Å². The van der Waals surface area contributed by atoms with E-state index in [1.807, 2.05) is 12.1 Å². The van der Waals surface area contributed by atoms with E-state index in [1.54, 1.807) is 6.26 Å². The second-order valence-electron chi connectivity index (χ2n) is 4.48. The molecule has 0 atom stereocenters. The molecule has 0 fully saturated rings. The summed E-state index contributed by atoms with van der Waals surface area (Å²) in [5.41, 5.74) is 4.75.